The third kappa shape index (κ3) is 9.90. The van der Waals surface area contributed by atoms with Crippen LogP contribution < -0.4 is 14.9 Å². The number of likely N-dealkylation sites (tertiary alicyclic amines) is 1. The summed E-state index contributed by atoms with van der Waals surface area (Å²) in [6.45, 7) is 5.93. The van der Waals surface area contributed by atoms with Crippen LogP contribution in [0.4, 0.5) is 22.9 Å². The van der Waals surface area contributed by atoms with Crippen LogP contribution in [0.2, 0.25) is 0 Å². The zero-order chi connectivity index (χ0) is 41.4. The highest BCUT2D eigenvalue weighted by atomic mass is 32.2. The zero-order valence-electron chi connectivity index (χ0n) is 33.4. The molecule has 2 aliphatic heterocycles. The summed E-state index contributed by atoms with van der Waals surface area (Å²) in [7, 11) is -4.25. The summed E-state index contributed by atoms with van der Waals surface area (Å²) in [5, 5.41) is 15.6. The topological polar surface area (TPSA) is 143 Å². The molecule has 5 aromatic carbocycles. The molecule has 0 atom stereocenters. The molecule has 310 valence electrons. The molecule has 2 fully saturated rings. The molecule has 2 saturated heterocycles. The van der Waals surface area contributed by atoms with Crippen molar-refractivity contribution in [2.24, 2.45) is 0 Å². The van der Waals surface area contributed by atoms with Gasteiger partial charge in [0, 0.05) is 60.4 Å². The van der Waals surface area contributed by atoms with E-state index in [1.165, 1.54) is 48.0 Å². The lowest BCUT2D eigenvalue weighted by atomic mass is 9.82. The lowest BCUT2D eigenvalue weighted by Gasteiger charge is -2.43. The number of rotatable bonds is 17. The van der Waals surface area contributed by atoms with Crippen molar-refractivity contribution in [2.45, 2.75) is 47.5 Å². The quantitative estimate of drug-likeness (QED) is 0.0393. The van der Waals surface area contributed by atoms with Crippen molar-refractivity contribution in [3.05, 3.63) is 143 Å². The van der Waals surface area contributed by atoms with Crippen LogP contribution in [0.1, 0.15) is 31.2 Å². The molecule has 12 nitrogen and oxygen atoms in total. The molecule has 0 saturated carbocycles. The second kappa shape index (κ2) is 18.8. The fourth-order valence-electron chi connectivity index (χ4n) is 8.22. The Morgan fingerprint density at radius 3 is 2.33 bits per heavy atom. The van der Waals surface area contributed by atoms with Gasteiger partial charge in [-0.05, 0) is 97.9 Å². The van der Waals surface area contributed by atoms with Gasteiger partial charge in [-0.2, -0.15) is 0 Å². The van der Waals surface area contributed by atoms with Gasteiger partial charge in [-0.1, -0.05) is 72.8 Å². The van der Waals surface area contributed by atoms with Gasteiger partial charge in [-0.25, -0.2) is 18.4 Å². The number of ether oxygens (including phenoxy) is 1. The number of aromatic nitrogens is 2. The number of nitrogens with zero attached hydrogens (tertiary/aromatic N) is 5. The van der Waals surface area contributed by atoms with E-state index in [-0.39, 0.29) is 27.7 Å². The SMILES string of the molecule is O=[N+]([O-])c1cc(S(=O)(=O)Nc2ncnc3cc(N4CCC(Cc5ccccc5-c5ccccc5)(OCCN5CCCC5)CC4)ccc23)ccc1NCCSc1ccccc1. The maximum absolute atomic E-state index is 13.7. The van der Waals surface area contributed by atoms with Crippen LogP contribution in [-0.4, -0.2) is 85.4 Å². The lowest BCUT2D eigenvalue weighted by molar-refractivity contribution is -0.384. The first-order valence-electron chi connectivity index (χ1n) is 20.5. The van der Waals surface area contributed by atoms with Gasteiger partial charge < -0.3 is 19.9 Å². The molecule has 0 unspecified atom stereocenters. The van der Waals surface area contributed by atoms with Gasteiger partial charge in [0.25, 0.3) is 15.7 Å². The number of hydrogen-bond acceptors (Lipinski definition) is 11. The van der Waals surface area contributed by atoms with Gasteiger partial charge in [-0.3, -0.25) is 14.8 Å². The summed E-state index contributed by atoms with van der Waals surface area (Å²) in [4.78, 5) is 25.9. The maximum Gasteiger partial charge on any atom is 0.293 e. The van der Waals surface area contributed by atoms with E-state index >= 15 is 0 Å². The molecule has 0 radical (unpaired) electrons. The highest BCUT2D eigenvalue weighted by Gasteiger charge is 2.37. The third-order valence-electron chi connectivity index (χ3n) is 11.4. The lowest BCUT2D eigenvalue weighted by Crippen LogP contribution is -2.48. The summed E-state index contributed by atoms with van der Waals surface area (Å²) in [5.41, 5.74) is 4.87. The fraction of sp³-hybridized carbons (Fsp3) is 0.304. The first-order chi connectivity index (χ1) is 29.3. The first kappa shape index (κ1) is 41.2. The monoisotopic (exact) mass is 843 g/mol. The third-order valence-corrected chi connectivity index (χ3v) is 13.8. The fourth-order valence-corrected chi connectivity index (χ4v) is 10.1. The summed E-state index contributed by atoms with van der Waals surface area (Å²) in [6, 6.07) is 38.7. The molecule has 1 aromatic heterocycles. The van der Waals surface area contributed by atoms with Crippen LogP contribution in [0.25, 0.3) is 22.0 Å². The van der Waals surface area contributed by atoms with E-state index in [2.05, 4.69) is 78.3 Å². The van der Waals surface area contributed by atoms with Crippen molar-refractivity contribution in [2.75, 3.05) is 66.6 Å². The summed E-state index contributed by atoms with van der Waals surface area (Å²) in [6.07, 6.45) is 6.33. The van der Waals surface area contributed by atoms with Gasteiger partial charge >= 0.3 is 0 Å². The summed E-state index contributed by atoms with van der Waals surface area (Å²) >= 11 is 1.62. The van der Waals surface area contributed by atoms with Gasteiger partial charge in [0.15, 0.2) is 5.82 Å². The smallest absolute Gasteiger partial charge is 0.293 e. The molecule has 14 heteroatoms. The summed E-state index contributed by atoms with van der Waals surface area (Å²) in [5.74, 6) is 0.761. The Morgan fingerprint density at radius 1 is 0.833 bits per heavy atom. The van der Waals surface area contributed by atoms with Crippen molar-refractivity contribution < 1.29 is 18.1 Å². The molecule has 0 aliphatic carbocycles. The molecule has 60 heavy (non-hydrogen) atoms. The molecule has 6 aromatic rings. The number of hydrogen-bond donors (Lipinski definition) is 2. The number of sulfonamides is 1. The molecule has 0 spiro atoms. The van der Waals surface area contributed by atoms with Crippen molar-refractivity contribution in [3.8, 4) is 11.1 Å². The number of benzene rings is 5. The van der Waals surface area contributed by atoms with E-state index in [9.17, 15) is 18.5 Å². The van der Waals surface area contributed by atoms with Gasteiger partial charge in [-0.15, -0.1) is 11.8 Å². The van der Waals surface area contributed by atoms with E-state index in [1.807, 2.05) is 54.6 Å². The van der Waals surface area contributed by atoms with Crippen LogP contribution in [0.3, 0.4) is 0 Å². The Labute approximate surface area is 355 Å². The number of fused-ring (bicyclic) bond motifs is 1. The number of nitrogens with one attached hydrogen (secondary N) is 2. The predicted octanol–water partition coefficient (Wildman–Crippen LogP) is 8.90. The van der Waals surface area contributed by atoms with Crippen molar-refractivity contribution >= 4 is 55.6 Å². The second-order valence-electron chi connectivity index (χ2n) is 15.3. The maximum atomic E-state index is 13.7. The first-order valence-corrected chi connectivity index (χ1v) is 22.9. The van der Waals surface area contributed by atoms with Crippen LogP contribution in [-0.2, 0) is 21.2 Å². The molecule has 2 aliphatic rings. The molecule has 2 N–H and O–H groups in total. The van der Waals surface area contributed by atoms with Gasteiger partial charge in [0.2, 0.25) is 0 Å². The Balaban J connectivity index is 0.957. The minimum Gasteiger partial charge on any atom is -0.379 e. The molecular formula is C46H49N7O5S2. The van der Waals surface area contributed by atoms with Crippen LogP contribution >= 0.6 is 11.8 Å². The molecule has 0 bridgehead atoms. The standard InChI is InChI=1S/C46H49N7O5S2/c54-53(55)44-32-39(18-20-42(44)47-23-30-59-38-14-5-2-6-15-38)60(56,57)50-45-41-19-17-37(31-43(41)48-34-49-45)52-26-21-46(22-27-52,58-29-28-51-24-9-10-25-51)33-36-13-7-8-16-40(36)35-11-3-1-4-12-35/h1-8,11-20,31-32,34,47H,9-10,21-30,33H2,(H,48,49,50). The molecule has 3 heterocycles. The van der Waals surface area contributed by atoms with Gasteiger partial charge in [0.05, 0.1) is 27.5 Å². The Bertz CT molecular complexity index is 2510. The van der Waals surface area contributed by atoms with E-state index in [1.54, 1.807) is 11.8 Å². The summed E-state index contributed by atoms with van der Waals surface area (Å²) < 4.78 is 36.8. The van der Waals surface area contributed by atoms with E-state index in [0.29, 0.717) is 29.8 Å². The van der Waals surface area contributed by atoms with E-state index < -0.39 is 14.9 Å². The van der Waals surface area contributed by atoms with Crippen LogP contribution in [0, 0.1) is 10.1 Å². The molecular weight excluding hydrogens is 795 g/mol. The zero-order valence-corrected chi connectivity index (χ0v) is 35.0. The van der Waals surface area contributed by atoms with E-state index in [4.69, 9.17) is 4.74 Å². The largest absolute Gasteiger partial charge is 0.379 e. The van der Waals surface area contributed by atoms with Crippen molar-refractivity contribution in [1.29, 1.82) is 0 Å². The highest BCUT2D eigenvalue weighted by molar-refractivity contribution is 7.99. The number of nitro groups is 1. The normalized spacial score (nSPS) is 15.6. The van der Waals surface area contributed by atoms with Crippen LogP contribution in [0.15, 0.2) is 137 Å². The predicted molar refractivity (Wildman–Crippen MR) is 240 cm³/mol. The number of piperidine rings is 1. The van der Waals surface area contributed by atoms with E-state index in [0.717, 1.165) is 68.6 Å². The van der Waals surface area contributed by atoms with Crippen molar-refractivity contribution in [3.63, 3.8) is 0 Å². The van der Waals surface area contributed by atoms with Crippen molar-refractivity contribution in [1.82, 2.24) is 14.9 Å². The van der Waals surface area contributed by atoms with Crippen LogP contribution in [0.5, 0.6) is 0 Å². The second-order valence-corrected chi connectivity index (χ2v) is 18.2. The Hall–Kier alpha value is -5.54. The molecule has 0 amide bonds. The minimum absolute atomic E-state index is 0.0930. The number of thioether (sulfide) groups is 1. The minimum atomic E-state index is -4.25. The average molecular weight is 844 g/mol. The highest BCUT2D eigenvalue weighted by Crippen LogP contribution is 2.37. The van der Waals surface area contributed by atoms with Gasteiger partial charge in [0.1, 0.15) is 12.0 Å². The number of anilines is 3. The Kier molecular flexibility index (Phi) is 12.9. The molecule has 8 rings (SSSR count). The number of nitro benzene ring substituents is 1. The average Bonchev–Trinajstić information content (AvgIpc) is 3.80. The Morgan fingerprint density at radius 2 is 1.57 bits per heavy atom.